The molecule has 0 aliphatic rings. The van der Waals surface area contributed by atoms with Crippen molar-refractivity contribution in [2.24, 2.45) is 0 Å². The Labute approximate surface area is 173 Å². The molecule has 6 heteroatoms. The van der Waals surface area contributed by atoms with Gasteiger partial charge in [-0.3, -0.25) is 0 Å². The maximum atomic E-state index is 12.5. The first-order valence-corrected chi connectivity index (χ1v) is 9.23. The Morgan fingerprint density at radius 3 is 1.64 bits per heavy atom. The molecule has 0 heterocycles. The summed E-state index contributed by atoms with van der Waals surface area (Å²) in [5.74, 6) is 1.25. The maximum absolute atomic E-state index is 12.5. The second-order valence-corrected chi connectivity index (χ2v) is 7.03. The van der Waals surface area contributed by atoms with Gasteiger partial charge in [0.25, 0.3) is 0 Å². The zero-order valence-electron chi connectivity index (χ0n) is 15.3. The van der Waals surface area contributed by atoms with E-state index in [1.807, 2.05) is 0 Å². The first kappa shape index (κ1) is 20.1. The molecule has 0 aliphatic heterocycles. The highest BCUT2D eigenvalue weighted by molar-refractivity contribution is 6.30. The van der Waals surface area contributed by atoms with Crippen molar-refractivity contribution in [1.82, 2.24) is 0 Å². The molecule has 0 bridgehead atoms. The van der Waals surface area contributed by atoms with Crippen molar-refractivity contribution >= 4 is 29.2 Å². The highest BCUT2D eigenvalue weighted by Gasteiger charge is 2.39. The van der Waals surface area contributed by atoms with E-state index in [9.17, 15) is 4.79 Å². The minimum Gasteiger partial charge on any atom is -0.471 e. The Hall–Kier alpha value is -2.69. The molecule has 0 N–H and O–H groups in total. The smallest absolute Gasteiger partial charge is 0.354 e. The number of benzene rings is 3. The Balaban J connectivity index is 1.84. The van der Waals surface area contributed by atoms with Crippen molar-refractivity contribution in [2.45, 2.75) is 12.5 Å². The summed E-state index contributed by atoms with van der Waals surface area (Å²) >= 11 is 11.8. The summed E-state index contributed by atoms with van der Waals surface area (Å²) in [5.41, 5.74) is -0.709. The molecule has 3 aromatic carbocycles. The van der Waals surface area contributed by atoms with Crippen LogP contribution in [0, 0.1) is 0 Å². The molecule has 1 unspecified atom stereocenters. The van der Waals surface area contributed by atoms with Gasteiger partial charge in [-0.1, -0.05) is 35.3 Å². The first-order valence-electron chi connectivity index (χ1n) is 8.48. The highest BCUT2D eigenvalue weighted by atomic mass is 35.5. The molecule has 0 amide bonds. The van der Waals surface area contributed by atoms with Gasteiger partial charge in [-0.25, -0.2) is 4.79 Å². The molecular formula is C22H18Cl2O4. The minimum absolute atomic E-state index is 0.499. The van der Waals surface area contributed by atoms with Crippen LogP contribution >= 0.6 is 23.2 Å². The average Bonchev–Trinajstić information content (AvgIpc) is 2.71. The van der Waals surface area contributed by atoms with Crippen LogP contribution in [-0.2, 0) is 15.1 Å². The fourth-order valence-corrected chi connectivity index (χ4v) is 2.88. The highest BCUT2D eigenvalue weighted by Crippen LogP contribution is 2.32. The van der Waals surface area contributed by atoms with Gasteiger partial charge >= 0.3 is 5.97 Å². The quantitative estimate of drug-likeness (QED) is 0.445. The van der Waals surface area contributed by atoms with E-state index in [-0.39, 0.29) is 0 Å². The van der Waals surface area contributed by atoms with Crippen molar-refractivity contribution in [2.75, 3.05) is 7.11 Å². The molecule has 0 aromatic heterocycles. The fourth-order valence-electron chi connectivity index (χ4n) is 2.63. The number of carbonyl (C=O) groups excluding carboxylic acids is 1. The predicted molar refractivity (Wildman–Crippen MR) is 109 cm³/mol. The second-order valence-electron chi connectivity index (χ2n) is 6.16. The third-order valence-electron chi connectivity index (χ3n) is 4.17. The summed E-state index contributed by atoms with van der Waals surface area (Å²) in [6.45, 7) is 1.66. The number of esters is 1. The standard InChI is InChI=1S/C22H18Cl2O4/c1-22(21(25)26-2,28-20-13-7-17(24)8-14-20)15-3-9-18(10-4-15)27-19-11-5-16(23)6-12-19/h3-14H,1-2H3. The van der Waals surface area contributed by atoms with Gasteiger partial charge < -0.3 is 14.2 Å². The molecule has 0 aliphatic carbocycles. The van der Waals surface area contributed by atoms with Crippen LogP contribution in [0.1, 0.15) is 12.5 Å². The van der Waals surface area contributed by atoms with E-state index in [4.69, 9.17) is 37.4 Å². The number of rotatable bonds is 6. The van der Waals surface area contributed by atoms with Gasteiger partial charge in [0.2, 0.25) is 5.60 Å². The summed E-state index contributed by atoms with van der Waals surface area (Å²) < 4.78 is 16.7. The Morgan fingerprint density at radius 1 is 0.750 bits per heavy atom. The maximum Gasteiger partial charge on any atom is 0.354 e. The van der Waals surface area contributed by atoms with Gasteiger partial charge in [0.15, 0.2) is 0 Å². The minimum atomic E-state index is -1.33. The van der Waals surface area contributed by atoms with E-state index in [0.717, 1.165) is 0 Å². The Morgan fingerprint density at radius 2 is 1.18 bits per heavy atom. The molecule has 1 atom stereocenters. The van der Waals surface area contributed by atoms with Crippen LogP contribution in [0.2, 0.25) is 10.0 Å². The number of hydrogen-bond donors (Lipinski definition) is 0. The van der Waals surface area contributed by atoms with Crippen molar-refractivity contribution in [3.63, 3.8) is 0 Å². The second kappa shape index (κ2) is 8.55. The van der Waals surface area contributed by atoms with Gasteiger partial charge in [-0.2, -0.15) is 0 Å². The number of hydrogen-bond acceptors (Lipinski definition) is 4. The molecule has 144 valence electrons. The van der Waals surface area contributed by atoms with Crippen LogP contribution in [0.5, 0.6) is 17.2 Å². The summed E-state index contributed by atoms with van der Waals surface area (Å²) in [6, 6.07) is 20.9. The number of ether oxygens (including phenoxy) is 3. The van der Waals surface area contributed by atoms with E-state index in [1.54, 1.807) is 79.7 Å². The molecule has 0 fully saturated rings. The molecule has 4 nitrogen and oxygen atoms in total. The topological polar surface area (TPSA) is 44.8 Å². The van der Waals surface area contributed by atoms with Crippen LogP contribution in [0.25, 0.3) is 0 Å². The Bertz CT molecular complexity index is 938. The van der Waals surface area contributed by atoms with E-state index in [1.165, 1.54) is 7.11 Å². The lowest BCUT2D eigenvalue weighted by Gasteiger charge is -2.28. The van der Waals surface area contributed by atoms with Crippen LogP contribution in [-0.4, -0.2) is 13.1 Å². The zero-order valence-corrected chi connectivity index (χ0v) is 16.8. The predicted octanol–water partition coefficient (Wildman–Crippen LogP) is 6.25. The summed E-state index contributed by atoms with van der Waals surface area (Å²) in [5, 5.41) is 1.21. The number of methoxy groups -OCH3 is 1. The molecule has 0 spiro atoms. The van der Waals surface area contributed by atoms with Crippen LogP contribution < -0.4 is 9.47 Å². The summed E-state index contributed by atoms with van der Waals surface area (Å²) in [4.78, 5) is 12.5. The third-order valence-corrected chi connectivity index (χ3v) is 4.67. The van der Waals surface area contributed by atoms with E-state index in [0.29, 0.717) is 32.9 Å². The lowest BCUT2D eigenvalue weighted by Crippen LogP contribution is -2.39. The Kier molecular flexibility index (Phi) is 6.12. The lowest BCUT2D eigenvalue weighted by atomic mass is 9.95. The van der Waals surface area contributed by atoms with E-state index in [2.05, 4.69) is 0 Å². The largest absolute Gasteiger partial charge is 0.471 e. The number of carbonyl (C=O) groups is 1. The monoisotopic (exact) mass is 416 g/mol. The number of halogens is 2. The molecule has 0 saturated carbocycles. The normalized spacial score (nSPS) is 12.7. The van der Waals surface area contributed by atoms with Crippen LogP contribution in [0.3, 0.4) is 0 Å². The summed E-state index contributed by atoms with van der Waals surface area (Å²) in [6.07, 6.45) is 0. The molecule has 0 radical (unpaired) electrons. The first-order chi connectivity index (χ1) is 13.4. The molecule has 3 aromatic rings. The van der Waals surface area contributed by atoms with Crippen molar-refractivity contribution in [1.29, 1.82) is 0 Å². The van der Waals surface area contributed by atoms with Gasteiger partial charge in [0.05, 0.1) is 7.11 Å². The molecular weight excluding hydrogens is 399 g/mol. The van der Waals surface area contributed by atoms with Crippen LogP contribution in [0.4, 0.5) is 0 Å². The fraction of sp³-hybridized carbons (Fsp3) is 0.136. The molecule has 3 rings (SSSR count). The average molecular weight is 417 g/mol. The molecule has 28 heavy (non-hydrogen) atoms. The van der Waals surface area contributed by atoms with E-state index < -0.39 is 11.6 Å². The van der Waals surface area contributed by atoms with Crippen LogP contribution in [0.15, 0.2) is 72.8 Å². The summed E-state index contributed by atoms with van der Waals surface area (Å²) in [7, 11) is 1.32. The van der Waals surface area contributed by atoms with Gasteiger partial charge in [-0.05, 0) is 67.6 Å². The van der Waals surface area contributed by atoms with Gasteiger partial charge in [0, 0.05) is 15.6 Å². The van der Waals surface area contributed by atoms with Gasteiger partial charge in [0.1, 0.15) is 17.2 Å². The third kappa shape index (κ3) is 4.58. The SMILES string of the molecule is COC(=O)C(C)(Oc1ccc(Cl)cc1)c1ccc(Oc2ccc(Cl)cc2)cc1. The van der Waals surface area contributed by atoms with E-state index >= 15 is 0 Å². The van der Waals surface area contributed by atoms with Crippen molar-refractivity contribution < 1.29 is 19.0 Å². The molecule has 0 saturated heterocycles. The van der Waals surface area contributed by atoms with Crippen molar-refractivity contribution in [3.8, 4) is 17.2 Å². The lowest BCUT2D eigenvalue weighted by molar-refractivity contribution is -0.158. The zero-order chi connectivity index (χ0) is 20.1. The van der Waals surface area contributed by atoms with Crippen molar-refractivity contribution in [3.05, 3.63) is 88.4 Å². The van der Waals surface area contributed by atoms with Gasteiger partial charge in [-0.15, -0.1) is 0 Å².